The summed E-state index contributed by atoms with van der Waals surface area (Å²) in [4.78, 5) is 11.8. The van der Waals surface area contributed by atoms with Gasteiger partial charge in [-0.3, -0.25) is 4.79 Å². The van der Waals surface area contributed by atoms with E-state index in [1.165, 1.54) is 19.3 Å². The molecule has 0 atom stereocenters. The first kappa shape index (κ1) is 12.7. The van der Waals surface area contributed by atoms with E-state index in [0.717, 1.165) is 13.0 Å². The lowest BCUT2D eigenvalue weighted by Gasteiger charge is -2.03. The van der Waals surface area contributed by atoms with Gasteiger partial charge in [0.15, 0.2) is 0 Å². The molecule has 1 aromatic rings. The second-order valence-electron chi connectivity index (χ2n) is 4.02. The molecule has 1 amide bonds. The molecule has 0 spiro atoms. The van der Waals surface area contributed by atoms with E-state index in [1.54, 1.807) is 13.8 Å². The fourth-order valence-corrected chi connectivity index (χ4v) is 1.65. The molecule has 0 aliphatic rings. The van der Waals surface area contributed by atoms with Crippen LogP contribution in [0.4, 0.5) is 0 Å². The maximum atomic E-state index is 11.8. The van der Waals surface area contributed by atoms with Gasteiger partial charge < -0.3 is 9.84 Å². The van der Waals surface area contributed by atoms with Crippen LogP contribution in [0.5, 0.6) is 0 Å². The first-order chi connectivity index (χ1) is 7.66. The maximum Gasteiger partial charge on any atom is 0.256 e. The lowest BCUT2D eigenvalue weighted by Crippen LogP contribution is -2.25. The van der Waals surface area contributed by atoms with Gasteiger partial charge in [-0.2, -0.15) is 0 Å². The largest absolute Gasteiger partial charge is 0.361 e. The average molecular weight is 224 g/mol. The molecule has 0 aromatic carbocycles. The molecule has 1 heterocycles. The van der Waals surface area contributed by atoms with Crippen molar-refractivity contribution in [1.82, 2.24) is 10.5 Å². The van der Waals surface area contributed by atoms with E-state index in [1.807, 2.05) is 0 Å². The molecule has 0 aliphatic carbocycles. The second-order valence-corrected chi connectivity index (χ2v) is 4.02. The number of hydrogen-bond donors (Lipinski definition) is 1. The summed E-state index contributed by atoms with van der Waals surface area (Å²) in [5.41, 5.74) is 1.24. The highest BCUT2D eigenvalue weighted by atomic mass is 16.5. The Labute approximate surface area is 96.4 Å². The fourth-order valence-electron chi connectivity index (χ4n) is 1.65. The Morgan fingerprint density at radius 3 is 2.62 bits per heavy atom. The zero-order valence-electron chi connectivity index (χ0n) is 10.3. The summed E-state index contributed by atoms with van der Waals surface area (Å²) in [6, 6.07) is 0. The Hall–Kier alpha value is -1.32. The summed E-state index contributed by atoms with van der Waals surface area (Å²) in [6.45, 7) is 6.43. The molecule has 1 aromatic heterocycles. The summed E-state index contributed by atoms with van der Waals surface area (Å²) < 4.78 is 4.95. The van der Waals surface area contributed by atoms with Gasteiger partial charge in [-0.25, -0.2) is 0 Å². The highest BCUT2D eigenvalue weighted by molar-refractivity contribution is 5.95. The maximum absolute atomic E-state index is 11.8. The normalized spacial score (nSPS) is 10.4. The van der Waals surface area contributed by atoms with Crippen molar-refractivity contribution < 1.29 is 9.32 Å². The van der Waals surface area contributed by atoms with E-state index >= 15 is 0 Å². The molecule has 0 radical (unpaired) electrons. The number of nitrogens with zero attached hydrogens (tertiary/aromatic N) is 1. The third-order valence-electron chi connectivity index (χ3n) is 2.58. The Morgan fingerprint density at radius 2 is 2.06 bits per heavy atom. The third kappa shape index (κ3) is 3.36. The molecular formula is C12H20N2O2. The highest BCUT2D eigenvalue weighted by Crippen LogP contribution is 2.11. The Kier molecular flexibility index (Phi) is 5.02. The van der Waals surface area contributed by atoms with Crippen molar-refractivity contribution in [3.05, 3.63) is 17.0 Å². The van der Waals surface area contributed by atoms with Gasteiger partial charge in [0.2, 0.25) is 0 Å². The van der Waals surface area contributed by atoms with Crippen molar-refractivity contribution in [2.24, 2.45) is 0 Å². The molecule has 4 heteroatoms. The number of aromatic nitrogens is 1. The van der Waals surface area contributed by atoms with Crippen LogP contribution in [0.3, 0.4) is 0 Å². The number of carbonyl (C=O) groups is 1. The molecule has 0 saturated heterocycles. The second kappa shape index (κ2) is 6.30. The van der Waals surface area contributed by atoms with Gasteiger partial charge in [-0.15, -0.1) is 0 Å². The predicted molar refractivity (Wildman–Crippen MR) is 62.5 cm³/mol. The van der Waals surface area contributed by atoms with Gasteiger partial charge in [0.05, 0.1) is 5.69 Å². The summed E-state index contributed by atoms with van der Waals surface area (Å²) in [5, 5.41) is 6.65. The van der Waals surface area contributed by atoms with Crippen LogP contribution in [-0.4, -0.2) is 17.6 Å². The number of carbonyl (C=O) groups excluding carboxylic acids is 1. The SMILES string of the molecule is CCCCCCNC(=O)c1c(C)noc1C. The van der Waals surface area contributed by atoms with Crippen LogP contribution in [-0.2, 0) is 0 Å². The van der Waals surface area contributed by atoms with Crippen molar-refractivity contribution in [2.75, 3.05) is 6.54 Å². The Bertz CT molecular complexity index is 325. The summed E-state index contributed by atoms with van der Waals surface area (Å²) >= 11 is 0. The smallest absolute Gasteiger partial charge is 0.256 e. The molecule has 1 rings (SSSR count). The molecule has 90 valence electrons. The van der Waals surface area contributed by atoms with Crippen LogP contribution in [0.1, 0.15) is 54.4 Å². The Morgan fingerprint density at radius 1 is 1.31 bits per heavy atom. The Balaban J connectivity index is 2.36. The fraction of sp³-hybridized carbons (Fsp3) is 0.667. The zero-order chi connectivity index (χ0) is 12.0. The summed E-state index contributed by atoms with van der Waals surface area (Å²) in [5.74, 6) is 0.510. The zero-order valence-corrected chi connectivity index (χ0v) is 10.3. The summed E-state index contributed by atoms with van der Waals surface area (Å²) in [6.07, 6.45) is 4.63. The van der Waals surface area contributed by atoms with Gasteiger partial charge in [-0.1, -0.05) is 31.3 Å². The third-order valence-corrected chi connectivity index (χ3v) is 2.58. The predicted octanol–water partition coefficient (Wildman–Crippen LogP) is 2.60. The number of amides is 1. The van der Waals surface area contributed by atoms with Crippen LogP contribution >= 0.6 is 0 Å². The highest BCUT2D eigenvalue weighted by Gasteiger charge is 2.16. The van der Waals surface area contributed by atoms with Crippen molar-refractivity contribution in [2.45, 2.75) is 46.5 Å². The van der Waals surface area contributed by atoms with Crippen LogP contribution in [0.2, 0.25) is 0 Å². The quantitative estimate of drug-likeness (QED) is 0.756. The molecule has 0 aliphatic heterocycles. The topological polar surface area (TPSA) is 55.1 Å². The molecule has 0 saturated carbocycles. The minimum atomic E-state index is -0.0762. The number of nitrogens with one attached hydrogen (secondary N) is 1. The van der Waals surface area contributed by atoms with Crippen molar-refractivity contribution in [3.63, 3.8) is 0 Å². The molecule has 0 bridgehead atoms. The van der Waals surface area contributed by atoms with Crippen LogP contribution in [0, 0.1) is 13.8 Å². The summed E-state index contributed by atoms with van der Waals surface area (Å²) in [7, 11) is 0. The number of aryl methyl sites for hydroxylation is 2. The van der Waals surface area contributed by atoms with Crippen LogP contribution in [0.15, 0.2) is 4.52 Å². The molecule has 0 fully saturated rings. The lowest BCUT2D eigenvalue weighted by atomic mass is 10.2. The van der Waals surface area contributed by atoms with Crippen molar-refractivity contribution in [3.8, 4) is 0 Å². The minimum Gasteiger partial charge on any atom is -0.361 e. The van der Waals surface area contributed by atoms with Gasteiger partial charge in [0, 0.05) is 6.54 Å². The first-order valence-electron chi connectivity index (χ1n) is 5.88. The van der Waals surface area contributed by atoms with Crippen LogP contribution < -0.4 is 5.32 Å². The van der Waals surface area contributed by atoms with E-state index < -0.39 is 0 Å². The van der Waals surface area contributed by atoms with Crippen molar-refractivity contribution >= 4 is 5.91 Å². The molecular weight excluding hydrogens is 204 g/mol. The number of rotatable bonds is 6. The molecule has 16 heavy (non-hydrogen) atoms. The van der Waals surface area contributed by atoms with Crippen molar-refractivity contribution in [1.29, 1.82) is 0 Å². The van der Waals surface area contributed by atoms with E-state index in [0.29, 0.717) is 17.0 Å². The number of unbranched alkanes of at least 4 members (excludes halogenated alkanes) is 3. The van der Waals surface area contributed by atoms with E-state index in [-0.39, 0.29) is 5.91 Å². The lowest BCUT2D eigenvalue weighted by molar-refractivity contribution is 0.0951. The minimum absolute atomic E-state index is 0.0762. The van der Waals surface area contributed by atoms with Gasteiger partial charge in [0.25, 0.3) is 5.91 Å². The van der Waals surface area contributed by atoms with Gasteiger partial charge in [0.1, 0.15) is 11.3 Å². The van der Waals surface area contributed by atoms with Crippen LogP contribution in [0.25, 0.3) is 0 Å². The first-order valence-corrected chi connectivity index (χ1v) is 5.88. The molecule has 0 unspecified atom stereocenters. The average Bonchev–Trinajstić information content (AvgIpc) is 2.58. The monoisotopic (exact) mass is 224 g/mol. The van der Waals surface area contributed by atoms with E-state index in [4.69, 9.17) is 4.52 Å². The molecule has 4 nitrogen and oxygen atoms in total. The van der Waals surface area contributed by atoms with E-state index in [2.05, 4.69) is 17.4 Å². The standard InChI is InChI=1S/C12H20N2O2/c1-4-5-6-7-8-13-12(15)11-9(2)14-16-10(11)3/h4-8H2,1-3H3,(H,13,15). The van der Waals surface area contributed by atoms with E-state index in [9.17, 15) is 4.79 Å². The number of hydrogen-bond acceptors (Lipinski definition) is 3. The molecule has 1 N–H and O–H groups in total. The van der Waals surface area contributed by atoms with Gasteiger partial charge >= 0.3 is 0 Å². The van der Waals surface area contributed by atoms with Gasteiger partial charge in [-0.05, 0) is 20.3 Å².